The van der Waals surface area contributed by atoms with E-state index in [1.165, 1.54) is 12.1 Å². The Morgan fingerprint density at radius 1 is 1.00 bits per heavy atom. The third-order valence-corrected chi connectivity index (χ3v) is 4.01. The van der Waals surface area contributed by atoms with Crippen LogP contribution in [0.3, 0.4) is 0 Å². The van der Waals surface area contributed by atoms with Gasteiger partial charge in [-0.05, 0) is 62.6 Å². The summed E-state index contributed by atoms with van der Waals surface area (Å²) in [6.45, 7) is 7.82. The van der Waals surface area contributed by atoms with E-state index in [2.05, 4.69) is 26.3 Å². The minimum absolute atomic E-state index is 0.0867. The summed E-state index contributed by atoms with van der Waals surface area (Å²) < 4.78 is 13.0. The van der Waals surface area contributed by atoms with Gasteiger partial charge in [-0.2, -0.15) is 0 Å². The first-order chi connectivity index (χ1) is 14.0. The predicted octanol–water partition coefficient (Wildman–Crippen LogP) is 3.65. The first-order valence-electron chi connectivity index (χ1n) is 9.89. The quantitative estimate of drug-likeness (QED) is 0.404. The number of amides is 2. The molecule has 0 aromatic heterocycles. The molecular weight excluding hydrogens is 369 g/mol. The molecule has 0 fully saturated rings. The van der Waals surface area contributed by atoms with Crippen LogP contribution in [0.15, 0.2) is 53.5 Å². The van der Waals surface area contributed by atoms with Crippen LogP contribution in [-0.4, -0.2) is 31.1 Å². The zero-order valence-corrected chi connectivity index (χ0v) is 17.3. The maximum absolute atomic E-state index is 13.0. The Hall–Kier alpha value is -3.09. The Balaban J connectivity index is 1.85. The Morgan fingerprint density at radius 3 is 2.28 bits per heavy atom. The number of anilines is 1. The number of rotatable bonds is 8. The molecule has 0 atom stereocenters. The standard InChI is InChI=1S/C22H30FN5O/c1-4-24-21(25-14-13-17-5-9-19(23)10-6-17)26-15-18-7-11-20(12-8-18)28-22(29)27-16(2)3/h5-12,16H,4,13-15H2,1-3H3,(H2,24,25,26)(H2,27,28,29). The molecule has 0 unspecified atom stereocenters. The average Bonchev–Trinajstić information content (AvgIpc) is 2.68. The Labute approximate surface area is 172 Å². The van der Waals surface area contributed by atoms with E-state index in [9.17, 15) is 9.18 Å². The van der Waals surface area contributed by atoms with Crippen LogP contribution in [0.1, 0.15) is 31.9 Å². The lowest BCUT2D eigenvalue weighted by Gasteiger charge is -2.12. The molecule has 7 heteroatoms. The molecule has 0 aliphatic heterocycles. The van der Waals surface area contributed by atoms with Crippen LogP contribution in [0.5, 0.6) is 0 Å². The molecule has 0 saturated heterocycles. The summed E-state index contributed by atoms with van der Waals surface area (Å²) >= 11 is 0. The Morgan fingerprint density at radius 2 is 1.66 bits per heavy atom. The number of benzene rings is 2. The van der Waals surface area contributed by atoms with Crippen LogP contribution >= 0.6 is 0 Å². The monoisotopic (exact) mass is 399 g/mol. The van der Waals surface area contributed by atoms with Gasteiger partial charge in [0, 0.05) is 24.8 Å². The zero-order valence-electron chi connectivity index (χ0n) is 17.3. The number of nitrogens with zero attached hydrogens (tertiary/aromatic N) is 1. The molecule has 6 nitrogen and oxygen atoms in total. The smallest absolute Gasteiger partial charge is 0.319 e. The van der Waals surface area contributed by atoms with Crippen molar-refractivity contribution in [3.63, 3.8) is 0 Å². The normalized spacial score (nSPS) is 11.3. The highest BCUT2D eigenvalue weighted by molar-refractivity contribution is 5.89. The van der Waals surface area contributed by atoms with Gasteiger partial charge in [0.1, 0.15) is 5.82 Å². The summed E-state index contributed by atoms with van der Waals surface area (Å²) in [6.07, 6.45) is 0.781. The summed E-state index contributed by atoms with van der Waals surface area (Å²) in [5.74, 6) is 0.506. The van der Waals surface area contributed by atoms with Gasteiger partial charge in [-0.15, -0.1) is 0 Å². The second kappa shape index (κ2) is 11.7. The van der Waals surface area contributed by atoms with Crippen LogP contribution in [0, 0.1) is 5.82 Å². The van der Waals surface area contributed by atoms with Crippen molar-refractivity contribution in [1.29, 1.82) is 0 Å². The zero-order chi connectivity index (χ0) is 21.1. The van der Waals surface area contributed by atoms with Crippen molar-refractivity contribution in [3.05, 3.63) is 65.5 Å². The molecule has 2 aromatic carbocycles. The van der Waals surface area contributed by atoms with E-state index >= 15 is 0 Å². The Kier molecular flexibility index (Phi) is 8.95. The van der Waals surface area contributed by atoms with E-state index in [4.69, 9.17) is 0 Å². The first-order valence-corrected chi connectivity index (χ1v) is 9.89. The summed E-state index contributed by atoms with van der Waals surface area (Å²) in [5.41, 5.74) is 2.84. The number of halogens is 1. The van der Waals surface area contributed by atoms with Gasteiger partial charge in [0.15, 0.2) is 5.96 Å². The third kappa shape index (κ3) is 8.64. The fourth-order valence-electron chi connectivity index (χ4n) is 2.61. The molecule has 2 aromatic rings. The largest absolute Gasteiger partial charge is 0.357 e. The Bertz CT molecular complexity index is 788. The van der Waals surface area contributed by atoms with Crippen LogP contribution in [0.25, 0.3) is 0 Å². The summed E-state index contributed by atoms with van der Waals surface area (Å²) in [4.78, 5) is 16.3. The highest BCUT2D eigenvalue weighted by Gasteiger charge is 2.03. The average molecular weight is 400 g/mol. The molecule has 29 heavy (non-hydrogen) atoms. The van der Waals surface area contributed by atoms with E-state index in [-0.39, 0.29) is 17.9 Å². The topological polar surface area (TPSA) is 77.5 Å². The van der Waals surface area contributed by atoms with Gasteiger partial charge in [-0.3, -0.25) is 0 Å². The van der Waals surface area contributed by atoms with Crippen molar-refractivity contribution in [2.45, 2.75) is 39.8 Å². The molecule has 0 bridgehead atoms. The molecule has 0 spiro atoms. The summed E-state index contributed by atoms with van der Waals surface area (Å²) in [5, 5.41) is 12.1. The predicted molar refractivity (Wildman–Crippen MR) is 117 cm³/mol. The summed E-state index contributed by atoms with van der Waals surface area (Å²) in [7, 11) is 0. The molecule has 156 valence electrons. The van der Waals surface area contributed by atoms with Gasteiger partial charge in [-0.25, -0.2) is 14.2 Å². The molecule has 0 aliphatic rings. The molecule has 4 N–H and O–H groups in total. The fraction of sp³-hybridized carbons (Fsp3) is 0.364. The van der Waals surface area contributed by atoms with Crippen LogP contribution in [-0.2, 0) is 13.0 Å². The second-order valence-corrected chi connectivity index (χ2v) is 6.95. The van der Waals surface area contributed by atoms with E-state index in [0.29, 0.717) is 13.1 Å². The van der Waals surface area contributed by atoms with Gasteiger partial charge in [-0.1, -0.05) is 24.3 Å². The number of hydrogen-bond acceptors (Lipinski definition) is 2. The molecule has 0 heterocycles. The number of carbonyl (C=O) groups excluding carboxylic acids is 1. The SMILES string of the molecule is CCNC(=NCc1ccc(NC(=O)NC(C)C)cc1)NCCc1ccc(F)cc1. The van der Waals surface area contributed by atoms with Gasteiger partial charge in [0.25, 0.3) is 0 Å². The summed E-state index contributed by atoms with van der Waals surface area (Å²) in [6, 6.07) is 14.0. The number of carbonyl (C=O) groups is 1. The van der Waals surface area contributed by atoms with Crippen molar-refractivity contribution in [3.8, 4) is 0 Å². The van der Waals surface area contributed by atoms with Gasteiger partial charge >= 0.3 is 6.03 Å². The molecular formula is C22H30FN5O. The number of urea groups is 1. The fourth-order valence-corrected chi connectivity index (χ4v) is 2.61. The van der Waals surface area contributed by atoms with Crippen molar-refractivity contribution >= 4 is 17.7 Å². The number of guanidine groups is 1. The first kappa shape index (κ1) is 22.2. The van der Waals surface area contributed by atoms with Gasteiger partial charge < -0.3 is 21.3 Å². The lowest BCUT2D eigenvalue weighted by Crippen LogP contribution is -2.38. The highest BCUT2D eigenvalue weighted by Crippen LogP contribution is 2.10. The lowest BCUT2D eigenvalue weighted by atomic mass is 10.1. The van der Waals surface area contributed by atoms with Crippen molar-refractivity contribution in [2.24, 2.45) is 4.99 Å². The lowest BCUT2D eigenvalue weighted by molar-refractivity contribution is 0.250. The highest BCUT2D eigenvalue weighted by atomic mass is 19.1. The van der Waals surface area contributed by atoms with E-state index in [1.54, 1.807) is 12.1 Å². The molecule has 0 saturated carbocycles. The minimum Gasteiger partial charge on any atom is -0.357 e. The second-order valence-electron chi connectivity index (χ2n) is 6.95. The molecule has 2 amide bonds. The van der Waals surface area contributed by atoms with Crippen LogP contribution < -0.4 is 21.3 Å². The molecule has 0 radical (unpaired) electrons. The molecule has 2 rings (SSSR count). The van der Waals surface area contributed by atoms with E-state index in [1.807, 2.05) is 45.0 Å². The maximum Gasteiger partial charge on any atom is 0.319 e. The number of aliphatic imine (C=N–C) groups is 1. The number of hydrogen-bond donors (Lipinski definition) is 4. The van der Waals surface area contributed by atoms with Crippen molar-refractivity contribution < 1.29 is 9.18 Å². The van der Waals surface area contributed by atoms with Crippen LogP contribution in [0.2, 0.25) is 0 Å². The molecule has 0 aliphatic carbocycles. The van der Waals surface area contributed by atoms with Crippen LogP contribution in [0.4, 0.5) is 14.9 Å². The van der Waals surface area contributed by atoms with E-state index in [0.717, 1.165) is 35.7 Å². The maximum atomic E-state index is 13.0. The van der Waals surface area contributed by atoms with E-state index < -0.39 is 0 Å². The van der Waals surface area contributed by atoms with Crippen molar-refractivity contribution in [2.75, 3.05) is 18.4 Å². The number of nitrogens with one attached hydrogen (secondary N) is 4. The third-order valence-electron chi connectivity index (χ3n) is 4.01. The van der Waals surface area contributed by atoms with Gasteiger partial charge in [0.05, 0.1) is 6.54 Å². The van der Waals surface area contributed by atoms with Gasteiger partial charge in [0.2, 0.25) is 0 Å². The van der Waals surface area contributed by atoms with Crippen molar-refractivity contribution in [1.82, 2.24) is 16.0 Å². The minimum atomic E-state index is -0.224.